The van der Waals surface area contributed by atoms with Crippen LogP contribution >= 0.6 is 0 Å². The van der Waals surface area contributed by atoms with E-state index in [0.29, 0.717) is 25.7 Å². The Hall–Kier alpha value is -2.78. The Labute approximate surface area is 153 Å². The number of benzene rings is 1. The van der Waals surface area contributed by atoms with Gasteiger partial charge in [0.25, 0.3) is 0 Å². The molecule has 26 heavy (non-hydrogen) atoms. The van der Waals surface area contributed by atoms with Gasteiger partial charge in [-0.15, -0.1) is 0 Å². The molecule has 1 N–H and O–H groups in total. The molecule has 6 nitrogen and oxygen atoms in total. The van der Waals surface area contributed by atoms with Crippen molar-refractivity contribution in [2.75, 3.05) is 13.1 Å². The Morgan fingerprint density at radius 3 is 2.65 bits per heavy atom. The third-order valence-electron chi connectivity index (χ3n) is 4.80. The maximum Gasteiger partial charge on any atom is 0.221 e. The third-order valence-corrected chi connectivity index (χ3v) is 4.80. The van der Waals surface area contributed by atoms with E-state index in [9.17, 15) is 10.1 Å². The first-order valence-electron chi connectivity index (χ1n) is 8.93. The zero-order valence-corrected chi connectivity index (χ0v) is 14.8. The Kier molecular flexibility index (Phi) is 5.92. The molecule has 2 heterocycles. The lowest BCUT2D eigenvalue weighted by molar-refractivity contribution is -0.122. The number of rotatable bonds is 6. The van der Waals surface area contributed by atoms with E-state index in [0.717, 1.165) is 25.3 Å². The van der Waals surface area contributed by atoms with E-state index in [4.69, 9.17) is 0 Å². The fourth-order valence-electron chi connectivity index (χ4n) is 3.24. The van der Waals surface area contributed by atoms with Gasteiger partial charge in [-0.3, -0.25) is 9.69 Å². The van der Waals surface area contributed by atoms with Gasteiger partial charge in [0, 0.05) is 37.9 Å². The highest BCUT2D eigenvalue weighted by atomic mass is 16.1. The topological polar surface area (TPSA) is 81.9 Å². The molecule has 3 rings (SSSR count). The number of hydrogen-bond donors (Lipinski definition) is 1. The molecular formula is C20H23N5O. The van der Waals surface area contributed by atoms with Gasteiger partial charge in [0.05, 0.1) is 6.07 Å². The van der Waals surface area contributed by atoms with Gasteiger partial charge in [-0.1, -0.05) is 30.3 Å². The second kappa shape index (κ2) is 8.54. The number of aryl methyl sites for hydroxylation is 1. The monoisotopic (exact) mass is 349 g/mol. The lowest BCUT2D eigenvalue weighted by Gasteiger charge is -2.37. The second-order valence-electron chi connectivity index (χ2n) is 6.70. The van der Waals surface area contributed by atoms with Crippen LogP contribution in [0.3, 0.4) is 0 Å². The molecule has 0 bridgehead atoms. The van der Waals surface area contributed by atoms with Crippen LogP contribution in [-0.4, -0.2) is 39.4 Å². The van der Waals surface area contributed by atoms with Crippen LogP contribution in [0.2, 0.25) is 0 Å². The van der Waals surface area contributed by atoms with Crippen molar-refractivity contribution in [3.63, 3.8) is 0 Å². The maximum absolute atomic E-state index is 12.3. The molecule has 1 saturated heterocycles. The van der Waals surface area contributed by atoms with Crippen LogP contribution in [-0.2, 0) is 17.8 Å². The summed E-state index contributed by atoms with van der Waals surface area (Å²) < 4.78 is 0. The summed E-state index contributed by atoms with van der Waals surface area (Å²) in [7, 11) is 0. The van der Waals surface area contributed by atoms with E-state index in [1.807, 2.05) is 18.2 Å². The van der Waals surface area contributed by atoms with E-state index < -0.39 is 5.54 Å². The Morgan fingerprint density at radius 1 is 1.23 bits per heavy atom. The Morgan fingerprint density at radius 2 is 2.00 bits per heavy atom. The van der Waals surface area contributed by atoms with Gasteiger partial charge in [-0.2, -0.15) is 5.26 Å². The van der Waals surface area contributed by atoms with Gasteiger partial charge < -0.3 is 5.32 Å². The molecule has 1 fully saturated rings. The van der Waals surface area contributed by atoms with Crippen molar-refractivity contribution in [1.82, 2.24) is 20.2 Å². The highest BCUT2D eigenvalue weighted by molar-refractivity contribution is 5.77. The maximum atomic E-state index is 12.3. The molecule has 1 aliphatic rings. The summed E-state index contributed by atoms with van der Waals surface area (Å²) in [6.45, 7) is 2.48. The molecule has 1 amide bonds. The highest BCUT2D eigenvalue weighted by Gasteiger charge is 2.35. The van der Waals surface area contributed by atoms with E-state index in [1.54, 1.807) is 12.3 Å². The first kappa shape index (κ1) is 18.0. The molecule has 1 aromatic heterocycles. The van der Waals surface area contributed by atoms with Crippen molar-refractivity contribution in [3.8, 4) is 6.07 Å². The Balaban J connectivity index is 1.49. The van der Waals surface area contributed by atoms with Crippen molar-refractivity contribution in [1.29, 1.82) is 5.26 Å². The summed E-state index contributed by atoms with van der Waals surface area (Å²) in [5.41, 5.74) is 1.35. The predicted octanol–water partition coefficient (Wildman–Crippen LogP) is 2.08. The number of amides is 1. The van der Waals surface area contributed by atoms with Crippen LogP contribution < -0.4 is 5.32 Å². The van der Waals surface area contributed by atoms with Crippen LogP contribution in [0.4, 0.5) is 0 Å². The lowest BCUT2D eigenvalue weighted by Crippen LogP contribution is -2.54. The number of nitriles is 1. The molecule has 2 aromatic rings. The minimum Gasteiger partial charge on any atom is -0.338 e. The molecule has 6 heteroatoms. The van der Waals surface area contributed by atoms with Crippen molar-refractivity contribution >= 4 is 5.91 Å². The third kappa shape index (κ3) is 4.87. The van der Waals surface area contributed by atoms with Crippen LogP contribution in [0, 0.1) is 11.3 Å². The molecule has 0 spiro atoms. The Bertz CT molecular complexity index is 749. The van der Waals surface area contributed by atoms with E-state index in [-0.39, 0.29) is 5.91 Å². The number of nitrogens with zero attached hydrogens (tertiary/aromatic N) is 4. The van der Waals surface area contributed by atoms with Crippen LogP contribution in [0.5, 0.6) is 0 Å². The number of aromatic nitrogens is 2. The highest BCUT2D eigenvalue weighted by Crippen LogP contribution is 2.23. The predicted molar refractivity (Wildman–Crippen MR) is 97.8 cm³/mol. The largest absolute Gasteiger partial charge is 0.338 e. The molecule has 1 aliphatic heterocycles. The number of nitrogens with one attached hydrogen (secondary N) is 1. The van der Waals surface area contributed by atoms with Gasteiger partial charge in [0.2, 0.25) is 5.91 Å². The number of piperidine rings is 1. The second-order valence-corrected chi connectivity index (χ2v) is 6.70. The summed E-state index contributed by atoms with van der Waals surface area (Å²) in [6, 6.07) is 14.5. The number of likely N-dealkylation sites (tertiary alicyclic amines) is 1. The normalized spacial score (nSPS) is 16.6. The van der Waals surface area contributed by atoms with E-state index in [1.165, 1.54) is 11.9 Å². The standard InChI is InChI=1S/C20H23N5O/c21-15-20(24-19(26)7-6-18-8-11-22-16-23-18)9-12-25(13-10-20)14-17-4-2-1-3-5-17/h1-5,8,11,16H,6-7,9-10,12-14H2,(H,24,26). The van der Waals surface area contributed by atoms with Gasteiger partial charge in [0.1, 0.15) is 11.9 Å². The van der Waals surface area contributed by atoms with Crippen LogP contribution in [0.15, 0.2) is 48.9 Å². The summed E-state index contributed by atoms with van der Waals surface area (Å²) >= 11 is 0. The molecular weight excluding hydrogens is 326 g/mol. The van der Waals surface area contributed by atoms with Crippen molar-refractivity contribution in [3.05, 3.63) is 60.2 Å². The first-order valence-corrected chi connectivity index (χ1v) is 8.93. The zero-order valence-electron chi connectivity index (χ0n) is 14.8. The lowest BCUT2D eigenvalue weighted by atomic mass is 9.88. The molecule has 1 aromatic carbocycles. The number of hydrogen-bond acceptors (Lipinski definition) is 5. The number of carbonyl (C=O) groups excluding carboxylic acids is 1. The average Bonchev–Trinajstić information content (AvgIpc) is 2.70. The molecule has 0 saturated carbocycles. The SMILES string of the molecule is N#CC1(NC(=O)CCc2ccncn2)CCN(Cc2ccccc2)CC1. The van der Waals surface area contributed by atoms with Crippen LogP contribution in [0.1, 0.15) is 30.5 Å². The minimum absolute atomic E-state index is 0.0957. The number of carbonyl (C=O) groups is 1. The van der Waals surface area contributed by atoms with E-state index in [2.05, 4.69) is 38.4 Å². The summed E-state index contributed by atoms with van der Waals surface area (Å²) in [4.78, 5) is 22.6. The first-order chi connectivity index (χ1) is 12.7. The fraction of sp³-hybridized carbons (Fsp3) is 0.400. The summed E-state index contributed by atoms with van der Waals surface area (Å²) in [5, 5.41) is 12.6. The smallest absolute Gasteiger partial charge is 0.221 e. The molecule has 0 atom stereocenters. The fourth-order valence-corrected chi connectivity index (χ4v) is 3.24. The van der Waals surface area contributed by atoms with E-state index >= 15 is 0 Å². The molecule has 134 valence electrons. The van der Waals surface area contributed by atoms with Crippen LogP contribution in [0.25, 0.3) is 0 Å². The van der Waals surface area contributed by atoms with Gasteiger partial charge in [-0.05, 0) is 30.9 Å². The minimum atomic E-state index is -0.754. The molecule has 0 unspecified atom stereocenters. The van der Waals surface area contributed by atoms with Gasteiger partial charge in [0.15, 0.2) is 0 Å². The van der Waals surface area contributed by atoms with Gasteiger partial charge in [-0.25, -0.2) is 9.97 Å². The van der Waals surface area contributed by atoms with Gasteiger partial charge >= 0.3 is 0 Å². The summed E-state index contributed by atoms with van der Waals surface area (Å²) in [5.74, 6) is -0.0957. The molecule has 0 radical (unpaired) electrons. The quantitative estimate of drug-likeness (QED) is 0.863. The van der Waals surface area contributed by atoms with Crippen molar-refractivity contribution < 1.29 is 4.79 Å². The van der Waals surface area contributed by atoms with Crippen molar-refractivity contribution in [2.45, 2.75) is 37.8 Å². The average molecular weight is 349 g/mol. The zero-order chi connectivity index (χ0) is 18.2. The summed E-state index contributed by atoms with van der Waals surface area (Å²) in [6.07, 6.45) is 5.32. The van der Waals surface area contributed by atoms with Crippen molar-refractivity contribution in [2.24, 2.45) is 0 Å². The molecule has 0 aliphatic carbocycles.